The van der Waals surface area contributed by atoms with Crippen LogP contribution in [0, 0.1) is 17.5 Å². The summed E-state index contributed by atoms with van der Waals surface area (Å²) in [6.07, 6.45) is 1.58. The van der Waals surface area contributed by atoms with Crippen molar-refractivity contribution in [1.82, 2.24) is 10.2 Å². The second-order valence-corrected chi connectivity index (χ2v) is 6.07. The van der Waals surface area contributed by atoms with Crippen LogP contribution in [-0.2, 0) is 11.2 Å². The highest BCUT2D eigenvalue weighted by Crippen LogP contribution is 2.15. The summed E-state index contributed by atoms with van der Waals surface area (Å²) in [5, 5.41) is 2.42. The summed E-state index contributed by atoms with van der Waals surface area (Å²) in [5.41, 5.74) is 0.593. The Bertz CT molecular complexity index is 797. The molecule has 0 aliphatic rings. The molecule has 7 heteroatoms. The van der Waals surface area contributed by atoms with Gasteiger partial charge in [-0.05, 0) is 30.5 Å². The van der Waals surface area contributed by atoms with Crippen molar-refractivity contribution < 1.29 is 22.8 Å². The molecule has 2 aromatic carbocycles. The molecule has 144 valence electrons. The highest BCUT2D eigenvalue weighted by atomic mass is 19.2. The third-order valence-corrected chi connectivity index (χ3v) is 4.13. The van der Waals surface area contributed by atoms with Gasteiger partial charge >= 0.3 is 0 Å². The van der Waals surface area contributed by atoms with Gasteiger partial charge in [-0.2, -0.15) is 0 Å². The number of nitrogens with zero attached hydrogens (tertiary/aromatic N) is 1. The number of nitrogens with one attached hydrogen (secondary N) is 1. The lowest BCUT2D eigenvalue weighted by atomic mass is 10.1. The topological polar surface area (TPSA) is 49.4 Å². The van der Waals surface area contributed by atoms with E-state index in [4.69, 9.17) is 0 Å². The Labute approximate surface area is 156 Å². The second kappa shape index (κ2) is 9.75. The number of benzene rings is 2. The van der Waals surface area contributed by atoms with Gasteiger partial charge in [-0.15, -0.1) is 0 Å². The molecule has 0 saturated carbocycles. The van der Waals surface area contributed by atoms with Crippen LogP contribution in [0.4, 0.5) is 13.2 Å². The molecule has 0 unspecified atom stereocenters. The Hall–Kier alpha value is -2.83. The van der Waals surface area contributed by atoms with E-state index in [1.54, 1.807) is 4.90 Å². The van der Waals surface area contributed by atoms with Crippen LogP contribution >= 0.6 is 0 Å². The lowest BCUT2D eigenvalue weighted by Gasteiger charge is -2.21. The van der Waals surface area contributed by atoms with E-state index in [1.165, 1.54) is 12.5 Å². The van der Waals surface area contributed by atoms with Crippen LogP contribution in [0.15, 0.2) is 42.5 Å². The van der Waals surface area contributed by atoms with E-state index in [0.717, 1.165) is 18.9 Å². The molecule has 0 atom stereocenters. The number of aryl methyl sites for hydroxylation is 1. The van der Waals surface area contributed by atoms with E-state index in [1.807, 2.05) is 30.3 Å². The average molecular weight is 378 g/mol. The predicted octanol–water partition coefficient (Wildman–Crippen LogP) is 3.32. The Morgan fingerprint density at radius 2 is 1.67 bits per heavy atom. The predicted molar refractivity (Wildman–Crippen MR) is 95.7 cm³/mol. The summed E-state index contributed by atoms with van der Waals surface area (Å²) in [5.74, 6) is -5.58. The number of halogens is 3. The maximum Gasteiger partial charge on any atom is 0.254 e. The van der Waals surface area contributed by atoms with Crippen molar-refractivity contribution in [2.24, 2.45) is 0 Å². The van der Waals surface area contributed by atoms with Crippen molar-refractivity contribution in [1.29, 1.82) is 0 Å². The fourth-order valence-corrected chi connectivity index (χ4v) is 2.65. The number of hydrogen-bond donors (Lipinski definition) is 1. The van der Waals surface area contributed by atoms with Crippen molar-refractivity contribution in [2.45, 2.75) is 19.8 Å². The van der Waals surface area contributed by atoms with E-state index in [9.17, 15) is 22.8 Å². The Kier molecular flexibility index (Phi) is 7.40. The highest BCUT2D eigenvalue weighted by molar-refractivity contribution is 5.94. The van der Waals surface area contributed by atoms with Gasteiger partial charge in [0.15, 0.2) is 17.5 Å². The zero-order valence-corrected chi connectivity index (χ0v) is 15.0. The zero-order valence-electron chi connectivity index (χ0n) is 15.0. The van der Waals surface area contributed by atoms with Gasteiger partial charge in [0.05, 0.1) is 5.56 Å². The van der Waals surface area contributed by atoms with Gasteiger partial charge in [0.2, 0.25) is 5.91 Å². The minimum Gasteiger partial charge on any atom is -0.350 e. The first kappa shape index (κ1) is 20.5. The molecule has 4 nitrogen and oxygen atoms in total. The second-order valence-electron chi connectivity index (χ2n) is 6.07. The highest BCUT2D eigenvalue weighted by Gasteiger charge is 2.18. The Morgan fingerprint density at radius 3 is 2.33 bits per heavy atom. The number of rotatable bonds is 8. The van der Waals surface area contributed by atoms with Crippen LogP contribution in [-0.4, -0.2) is 36.3 Å². The fraction of sp³-hybridized carbons (Fsp3) is 0.300. The summed E-state index contributed by atoms with van der Waals surface area (Å²) in [6.45, 7) is 2.25. The molecule has 0 saturated heterocycles. The van der Waals surface area contributed by atoms with E-state index < -0.39 is 28.9 Å². The van der Waals surface area contributed by atoms with Crippen molar-refractivity contribution in [3.8, 4) is 0 Å². The minimum atomic E-state index is -1.69. The van der Waals surface area contributed by atoms with E-state index >= 15 is 0 Å². The van der Waals surface area contributed by atoms with Crippen LogP contribution in [0.2, 0.25) is 0 Å². The van der Waals surface area contributed by atoms with Crippen LogP contribution in [0.1, 0.15) is 29.3 Å². The number of carbonyl (C=O) groups is 2. The third-order valence-electron chi connectivity index (χ3n) is 4.13. The van der Waals surface area contributed by atoms with Crippen LogP contribution in [0.3, 0.4) is 0 Å². The summed E-state index contributed by atoms with van der Waals surface area (Å²) >= 11 is 0. The fourth-order valence-electron chi connectivity index (χ4n) is 2.65. The van der Waals surface area contributed by atoms with Crippen molar-refractivity contribution in [3.63, 3.8) is 0 Å². The van der Waals surface area contributed by atoms with Gasteiger partial charge in [0, 0.05) is 26.6 Å². The standard InChI is InChI=1S/C20H21F3N2O2/c1-14(26)25(12-5-8-15-6-3-2-4-7-15)13-11-24-20(27)16-9-10-17(21)19(23)18(16)22/h2-4,6-7,9-10H,5,8,11-13H2,1H3,(H,24,27). The van der Waals surface area contributed by atoms with Crippen LogP contribution < -0.4 is 5.32 Å². The van der Waals surface area contributed by atoms with Crippen molar-refractivity contribution in [2.75, 3.05) is 19.6 Å². The lowest BCUT2D eigenvalue weighted by Crippen LogP contribution is -2.38. The summed E-state index contributed by atoms with van der Waals surface area (Å²) in [6, 6.07) is 11.4. The quantitative estimate of drug-likeness (QED) is 0.717. The number of hydrogen-bond acceptors (Lipinski definition) is 2. The molecule has 27 heavy (non-hydrogen) atoms. The maximum atomic E-state index is 13.6. The Morgan fingerprint density at radius 1 is 0.963 bits per heavy atom. The van der Waals surface area contributed by atoms with Gasteiger partial charge in [0.1, 0.15) is 0 Å². The minimum absolute atomic E-state index is 0.0716. The van der Waals surface area contributed by atoms with Crippen LogP contribution in [0.5, 0.6) is 0 Å². The van der Waals surface area contributed by atoms with E-state index in [0.29, 0.717) is 12.6 Å². The zero-order chi connectivity index (χ0) is 19.8. The molecule has 1 N–H and O–H groups in total. The van der Waals surface area contributed by atoms with Gasteiger partial charge in [-0.3, -0.25) is 9.59 Å². The molecule has 2 aromatic rings. The first-order valence-electron chi connectivity index (χ1n) is 8.61. The Balaban J connectivity index is 1.82. The van der Waals surface area contributed by atoms with Crippen molar-refractivity contribution in [3.05, 3.63) is 71.0 Å². The first-order valence-corrected chi connectivity index (χ1v) is 8.61. The summed E-state index contributed by atoms with van der Waals surface area (Å²) < 4.78 is 39.7. The molecule has 0 fully saturated rings. The summed E-state index contributed by atoms with van der Waals surface area (Å²) in [4.78, 5) is 25.2. The largest absolute Gasteiger partial charge is 0.350 e. The molecule has 0 bridgehead atoms. The molecule has 0 aliphatic heterocycles. The molecule has 0 spiro atoms. The SMILES string of the molecule is CC(=O)N(CCCc1ccccc1)CCNC(=O)c1ccc(F)c(F)c1F. The smallest absolute Gasteiger partial charge is 0.254 e. The van der Waals surface area contributed by atoms with Crippen LogP contribution in [0.25, 0.3) is 0 Å². The maximum absolute atomic E-state index is 13.6. The van der Waals surface area contributed by atoms with E-state index in [2.05, 4.69) is 5.32 Å². The molecular formula is C20H21F3N2O2. The average Bonchev–Trinajstić information content (AvgIpc) is 2.65. The number of carbonyl (C=O) groups excluding carboxylic acids is 2. The number of amides is 2. The lowest BCUT2D eigenvalue weighted by molar-refractivity contribution is -0.128. The molecule has 2 amide bonds. The van der Waals surface area contributed by atoms with Gasteiger partial charge in [-0.1, -0.05) is 30.3 Å². The van der Waals surface area contributed by atoms with Gasteiger partial charge < -0.3 is 10.2 Å². The van der Waals surface area contributed by atoms with Gasteiger partial charge in [-0.25, -0.2) is 13.2 Å². The normalized spacial score (nSPS) is 10.5. The molecule has 0 heterocycles. The summed E-state index contributed by atoms with van der Waals surface area (Å²) in [7, 11) is 0. The molecule has 0 radical (unpaired) electrons. The molecule has 2 rings (SSSR count). The monoisotopic (exact) mass is 378 g/mol. The van der Waals surface area contributed by atoms with Crippen molar-refractivity contribution >= 4 is 11.8 Å². The van der Waals surface area contributed by atoms with Gasteiger partial charge in [0.25, 0.3) is 5.91 Å². The first-order chi connectivity index (χ1) is 12.9. The molecular weight excluding hydrogens is 357 g/mol. The molecule has 0 aromatic heterocycles. The van der Waals surface area contributed by atoms with E-state index in [-0.39, 0.29) is 19.0 Å². The molecule has 0 aliphatic carbocycles. The third kappa shape index (κ3) is 5.84.